The number of para-hydroxylation sites is 2. The molecule has 0 spiro atoms. The maximum atomic E-state index is 13.7. The van der Waals surface area contributed by atoms with Crippen molar-refractivity contribution in [2.75, 3.05) is 10.2 Å². The fourth-order valence-corrected chi connectivity index (χ4v) is 5.33. The summed E-state index contributed by atoms with van der Waals surface area (Å²) in [7, 11) is 0. The Morgan fingerprint density at radius 3 is 2.74 bits per heavy atom. The number of nitrogens with zero attached hydrogens (tertiary/aromatic N) is 5. The summed E-state index contributed by atoms with van der Waals surface area (Å²) in [5.41, 5.74) is 5.95. The number of nitrogens with one attached hydrogen (secondary N) is 3. The van der Waals surface area contributed by atoms with Crippen LogP contribution in [0.2, 0.25) is 0 Å². The predicted molar refractivity (Wildman–Crippen MR) is 151 cm³/mol. The van der Waals surface area contributed by atoms with Gasteiger partial charge in [-0.1, -0.05) is 36.4 Å². The van der Waals surface area contributed by atoms with Gasteiger partial charge in [0.1, 0.15) is 17.8 Å². The first-order valence-electron chi connectivity index (χ1n) is 12.5. The van der Waals surface area contributed by atoms with E-state index in [2.05, 4.69) is 48.4 Å². The number of aromatic nitrogens is 4. The molecule has 38 heavy (non-hydrogen) atoms. The summed E-state index contributed by atoms with van der Waals surface area (Å²) in [6.45, 7) is 3.89. The highest BCUT2D eigenvalue weighted by atomic mass is 16.2. The van der Waals surface area contributed by atoms with E-state index in [1.165, 1.54) is 6.33 Å². The van der Waals surface area contributed by atoms with Gasteiger partial charge in [0.15, 0.2) is 12.0 Å². The second kappa shape index (κ2) is 8.52. The number of H-pyrrole nitrogens is 2. The fraction of sp³-hybridized carbons (Fsp3) is 0.138. The number of aromatic amines is 2. The third-order valence-corrected chi connectivity index (χ3v) is 7.14. The number of hydrogen-bond acceptors (Lipinski definition) is 6. The van der Waals surface area contributed by atoms with E-state index in [1.807, 2.05) is 62.6 Å². The number of amidine groups is 1. The Kier molecular flexibility index (Phi) is 4.97. The van der Waals surface area contributed by atoms with Crippen molar-refractivity contribution in [1.82, 2.24) is 19.9 Å². The van der Waals surface area contributed by atoms with Gasteiger partial charge in [0.05, 0.1) is 22.5 Å². The first kappa shape index (κ1) is 22.2. The lowest BCUT2D eigenvalue weighted by molar-refractivity contribution is -0.115. The lowest BCUT2D eigenvalue weighted by atomic mass is 10.0. The number of aliphatic imine (C=N–C) groups is 2. The van der Waals surface area contributed by atoms with E-state index in [0.29, 0.717) is 17.2 Å². The van der Waals surface area contributed by atoms with Gasteiger partial charge < -0.3 is 15.3 Å². The van der Waals surface area contributed by atoms with Crippen LogP contribution in [0, 0.1) is 0 Å². The zero-order valence-corrected chi connectivity index (χ0v) is 20.8. The summed E-state index contributed by atoms with van der Waals surface area (Å²) < 4.78 is 0. The number of allylic oxidation sites excluding steroid dienone is 1. The highest BCUT2D eigenvalue weighted by molar-refractivity contribution is 6.33. The van der Waals surface area contributed by atoms with Crippen LogP contribution in [-0.2, 0) is 4.79 Å². The minimum atomic E-state index is -0.536. The Hall–Kier alpha value is -5.05. The summed E-state index contributed by atoms with van der Waals surface area (Å²) in [4.78, 5) is 40.6. The summed E-state index contributed by atoms with van der Waals surface area (Å²) in [6.07, 6.45) is 6.60. The van der Waals surface area contributed by atoms with Crippen LogP contribution in [0.3, 0.4) is 0 Å². The standard InChI is InChI=1S/C29H24N8O/c1-16-13-31-26-22(16)29(38)37(19-8-4-3-5-9-19)28(36-26)17(2)35-27-23-21(14-32-25(23)33-15-34-27)20-10-6-7-18-11-12-30-24(18)20/h3-15,17,28,30H,1-2H3,(H2,32,33,34,35)/t17?,28-/m0/s1. The summed E-state index contributed by atoms with van der Waals surface area (Å²) in [5.74, 6) is 1.03. The van der Waals surface area contributed by atoms with Crippen molar-refractivity contribution in [3.63, 3.8) is 0 Å². The van der Waals surface area contributed by atoms with Crippen LogP contribution in [-0.4, -0.2) is 50.1 Å². The molecule has 3 aromatic heterocycles. The molecule has 3 N–H and O–H groups in total. The van der Waals surface area contributed by atoms with Gasteiger partial charge in [-0.2, -0.15) is 0 Å². The molecule has 0 saturated heterocycles. The number of hydrogen-bond donors (Lipinski definition) is 3. The highest BCUT2D eigenvalue weighted by Crippen LogP contribution is 2.37. The van der Waals surface area contributed by atoms with Gasteiger partial charge in [-0.15, -0.1) is 0 Å². The van der Waals surface area contributed by atoms with Crippen molar-refractivity contribution >= 4 is 51.4 Å². The van der Waals surface area contributed by atoms with E-state index >= 15 is 0 Å². The average Bonchev–Trinajstić information content (AvgIpc) is 3.68. The molecule has 0 aliphatic carbocycles. The Bertz CT molecular complexity index is 1810. The van der Waals surface area contributed by atoms with Crippen molar-refractivity contribution in [3.8, 4) is 11.1 Å². The first-order valence-corrected chi connectivity index (χ1v) is 12.5. The zero-order chi connectivity index (χ0) is 25.8. The molecule has 7 rings (SSSR count). The molecule has 2 aromatic carbocycles. The molecule has 0 fully saturated rings. The SMILES string of the molecule is CC1=C2C(=O)N(c3ccccc3)[C@@H](C(C)Nc3ncnc4[nH]cc(-c5cccc6cc[nH]c56)c34)N=C2N=C1. The number of benzene rings is 2. The van der Waals surface area contributed by atoms with Crippen LogP contribution in [0.25, 0.3) is 33.1 Å². The topological polar surface area (TPSA) is 114 Å². The molecular weight excluding hydrogens is 476 g/mol. The lowest BCUT2D eigenvalue weighted by Crippen LogP contribution is -2.52. The summed E-state index contributed by atoms with van der Waals surface area (Å²) in [6, 6.07) is 17.6. The van der Waals surface area contributed by atoms with Gasteiger partial charge in [-0.3, -0.25) is 9.69 Å². The lowest BCUT2D eigenvalue weighted by Gasteiger charge is -2.37. The molecule has 2 aliphatic rings. The van der Waals surface area contributed by atoms with Crippen LogP contribution >= 0.6 is 0 Å². The Labute approximate surface area is 218 Å². The van der Waals surface area contributed by atoms with E-state index in [0.717, 1.165) is 44.3 Å². The first-order chi connectivity index (χ1) is 18.6. The summed E-state index contributed by atoms with van der Waals surface area (Å²) in [5, 5.41) is 5.55. The van der Waals surface area contributed by atoms with E-state index in [9.17, 15) is 4.79 Å². The van der Waals surface area contributed by atoms with E-state index in [1.54, 1.807) is 11.1 Å². The molecule has 9 heteroatoms. The van der Waals surface area contributed by atoms with Crippen LogP contribution in [0.5, 0.6) is 0 Å². The molecule has 2 atom stereocenters. The molecule has 0 bridgehead atoms. The maximum Gasteiger partial charge on any atom is 0.264 e. The van der Waals surface area contributed by atoms with Gasteiger partial charge >= 0.3 is 0 Å². The second-order valence-corrected chi connectivity index (χ2v) is 9.52. The molecule has 186 valence electrons. The van der Waals surface area contributed by atoms with Gasteiger partial charge in [0.25, 0.3) is 5.91 Å². The van der Waals surface area contributed by atoms with Gasteiger partial charge in [0, 0.05) is 35.4 Å². The predicted octanol–water partition coefficient (Wildman–Crippen LogP) is 5.08. The maximum absolute atomic E-state index is 13.7. The van der Waals surface area contributed by atoms with Gasteiger partial charge in [-0.05, 0) is 43.0 Å². The number of fused-ring (bicyclic) bond motifs is 3. The van der Waals surface area contributed by atoms with E-state index < -0.39 is 6.17 Å². The van der Waals surface area contributed by atoms with Gasteiger partial charge in [-0.25, -0.2) is 20.0 Å². The number of anilines is 2. The monoisotopic (exact) mass is 500 g/mol. The average molecular weight is 501 g/mol. The smallest absolute Gasteiger partial charge is 0.264 e. The Balaban J connectivity index is 1.32. The summed E-state index contributed by atoms with van der Waals surface area (Å²) >= 11 is 0. The molecule has 9 nitrogen and oxygen atoms in total. The van der Waals surface area contributed by atoms with Crippen LogP contribution in [0.1, 0.15) is 13.8 Å². The van der Waals surface area contributed by atoms with Crippen molar-refractivity contribution in [1.29, 1.82) is 0 Å². The largest absolute Gasteiger partial charge is 0.363 e. The van der Waals surface area contributed by atoms with Crippen molar-refractivity contribution in [2.45, 2.75) is 26.1 Å². The van der Waals surface area contributed by atoms with Crippen molar-refractivity contribution < 1.29 is 4.79 Å². The molecule has 0 saturated carbocycles. The van der Waals surface area contributed by atoms with Crippen LogP contribution < -0.4 is 10.2 Å². The third kappa shape index (κ3) is 3.36. The van der Waals surface area contributed by atoms with Gasteiger partial charge in [0.2, 0.25) is 0 Å². The normalized spacial score (nSPS) is 17.8. The molecule has 2 aliphatic heterocycles. The second-order valence-electron chi connectivity index (χ2n) is 9.52. The molecule has 5 heterocycles. The number of amides is 1. The zero-order valence-electron chi connectivity index (χ0n) is 20.8. The van der Waals surface area contributed by atoms with E-state index in [4.69, 9.17) is 4.99 Å². The Morgan fingerprint density at radius 1 is 1.00 bits per heavy atom. The van der Waals surface area contributed by atoms with Crippen LogP contribution in [0.15, 0.2) is 94.4 Å². The highest BCUT2D eigenvalue weighted by Gasteiger charge is 2.40. The van der Waals surface area contributed by atoms with Crippen molar-refractivity contribution in [2.24, 2.45) is 9.98 Å². The van der Waals surface area contributed by atoms with Crippen LogP contribution in [0.4, 0.5) is 11.5 Å². The number of carbonyl (C=O) groups excluding carboxylic acids is 1. The quantitative estimate of drug-likeness (QED) is 0.312. The third-order valence-electron chi connectivity index (χ3n) is 7.14. The fourth-order valence-electron chi connectivity index (χ4n) is 5.33. The Morgan fingerprint density at radius 2 is 1.87 bits per heavy atom. The minimum Gasteiger partial charge on any atom is -0.363 e. The number of rotatable bonds is 5. The number of carbonyl (C=O) groups is 1. The molecular formula is C29H24N8O. The van der Waals surface area contributed by atoms with E-state index in [-0.39, 0.29) is 11.9 Å². The molecule has 5 aromatic rings. The minimum absolute atomic E-state index is 0.108. The molecule has 1 amide bonds. The van der Waals surface area contributed by atoms with Crippen molar-refractivity contribution in [3.05, 3.63) is 84.5 Å². The molecule has 0 radical (unpaired) electrons. The molecule has 1 unspecified atom stereocenters.